The topological polar surface area (TPSA) is 38.4 Å². The minimum Gasteiger partial charge on any atom is -0.388 e. The summed E-state index contributed by atoms with van der Waals surface area (Å²) in [5.74, 6) is 0.671. The molecule has 0 rings (SSSR count). The van der Waals surface area contributed by atoms with Crippen molar-refractivity contribution in [3.63, 3.8) is 0 Å². The van der Waals surface area contributed by atoms with Gasteiger partial charge in [0.2, 0.25) is 0 Å². The average Bonchev–Trinajstić information content (AvgIpc) is 1.59. The first-order chi connectivity index (χ1) is 3.92. The number of rotatable bonds is 1. The quantitative estimate of drug-likeness (QED) is 0.421. The Morgan fingerprint density at radius 2 is 1.89 bits per heavy atom. The minimum atomic E-state index is 0.265. The fourth-order valence-corrected chi connectivity index (χ4v) is 0.362. The van der Waals surface area contributed by atoms with E-state index in [1.54, 1.807) is 0 Å². The minimum absolute atomic E-state index is 0.265. The summed E-state index contributed by atoms with van der Waals surface area (Å²) in [5, 5.41) is 0. The molecular weight excluding hydrogens is 112 g/mol. The molecule has 0 aromatic heterocycles. The van der Waals surface area contributed by atoms with E-state index in [-0.39, 0.29) is 5.41 Å². The van der Waals surface area contributed by atoms with Gasteiger partial charge >= 0.3 is 0 Å². The molecule has 0 aliphatic carbocycles. The van der Waals surface area contributed by atoms with E-state index < -0.39 is 0 Å². The Morgan fingerprint density at radius 3 is 2.00 bits per heavy atom. The molecule has 0 aliphatic heterocycles. The van der Waals surface area contributed by atoms with Gasteiger partial charge in [-0.1, -0.05) is 20.8 Å². The Kier molecular flexibility index (Phi) is 2.68. The van der Waals surface area contributed by atoms with Gasteiger partial charge in [0, 0.05) is 6.54 Å². The number of hydrogen-bond acceptors (Lipinski definition) is 1. The molecule has 0 heterocycles. The molecule has 2 heteroatoms. The Balaban J connectivity index is 3.64. The van der Waals surface area contributed by atoms with E-state index in [0.717, 1.165) is 6.54 Å². The molecule has 9 heavy (non-hydrogen) atoms. The monoisotopic (exact) mass is 128 g/mol. The second kappa shape index (κ2) is 2.85. The largest absolute Gasteiger partial charge is 0.388 e. The van der Waals surface area contributed by atoms with Crippen molar-refractivity contribution in [3.8, 4) is 0 Å². The Hall–Kier alpha value is -0.530. The smallest absolute Gasteiger partial charge is 0.0905 e. The lowest BCUT2D eigenvalue weighted by Gasteiger charge is -2.13. The van der Waals surface area contributed by atoms with Crippen LogP contribution in [0.15, 0.2) is 4.99 Å². The van der Waals surface area contributed by atoms with Crippen molar-refractivity contribution in [2.45, 2.75) is 27.7 Å². The van der Waals surface area contributed by atoms with E-state index in [1.807, 2.05) is 6.92 Å². The maximum Gasteiger partial charge on any atom is 0.0905 e. The van der Waals surface area contributed by atoms with Crippen molar-refractivity contribution < 1.29 is 0 Å². The molecule has 0 aromatic rings. The van der Waals surface area contributed by atoms with Crippen LogP contribution in [-0.2, 0) is 0 Å². The van der Waals surface area contributed by atoms with E-state index in [2.05, 4.69) is 25.8 Å². The summed E-state index contributed by atoms with van der Waals surface area (Å²) in [5.41, 5.74) is 5.61. The molecule has 0 radical (unpaired) electrons. The third-order valence-electron chi connectivity index (χ3n) is 0.803. The fraction of sp³-hybridized carbons (Fsp3) is 0.857. The van der Waals surface area contributed by atoms with Crippen molar-refractivity contribution in [2.75, 3.05) is 6.54 Å². The summed E-state index contributed by atoms with van der Waals surface area (Å²) < 4.78 is 0. The molecule has 0 fully saturated rings. The van der Waals surface area contributed by atoms with Crippen LogP contribution in [0, 0.1) is 5.41 Å². The highest BCUT2D eigenvalue weighted by atomic mass is 14.8. The van der Waals surface area contributed by atoms with E-state index in [0.29, 0.717) is 5.84 Å². The van der Waals surface area contributed by atoms with Crippen LogP contribution in [0.5, 0.6) is 0 Å². The van der Waals surface area contributed by atoms with Gasteiger partial charge in [-0.25, -0.2) is 0 Å². The first kappa shape index (κ1) is 8.47. The first-order valence-corrected chi connectivity index (χ1v) is 3.18. The molecule has 2 N–H and O–H groups in total. The normalized spacial score (nSPS) is 14.0. The lowest BCUT2D eigenvalue weighted by atomic mass is 9.97. The van der Waals surface area contributed by atoms with Gasteiger partial charge in [-0.3, -0.25) is 4.99 Å². The Labute approximate surface area is 57.2 Å². The van der Waals surface area contributed by atoms with Gasteiger partial charge in [0.15, 0.2) is 0 Å². The average molecular weight is 128 g/mol. The molecule has 0 aromatic carbocycles. The molecule has 2 nitrogen and oxygen atoms in total. The first-order valence-electron chi connectivity index (χ1n) is 3.18. The molecule has 0 amide bonds. The zero-order chi connectivity index (χ0) is 7.49. The number of aliphatic imine (C=N–C) groups is 1. The molecule has 0 saturated heterocycles. The molecule has 0 aliphatic rings. The fourth-order valence-electron chi connectivity index (χ4n) is 0.362. The van der Waals surface area contributed by atoms with Crippen molar-refractivity contribution >= 4 is 5.84 Å². The maximum atomic E-state index is 5.35. The van der Waals surface area contributed by atoms with Gasteiger partial charge in [-0.05, 0) is 12.3 Å². The van der Waals surface area contributed by atoms with Gasteiger partial charge in [-0.2, -0.15) is 0 Å². The van der Waals surface area contributed by atoms with Crippen LogP contribution in [0.3, 0.4) is 0 Å². The van der Waals surface area contributed by atoms with Gasteiger partial charge in [0.25, 0.3) is 0 Å². The molecule has 0 spiro atoms. The third kappa shape index (κ3) is 7.47. The lowest BCUT2D eigenvalue weighted by Crippen LogP contribution is -2.14. The Bertz CT molecular complexity index is 105. The van der Waals surface area contributed by atoms with Gasteiger partial charge in [0.1, 0.15) is 0 Å². The summed E-state index contributed by atoms with van der Waals surface area (Å²) in [6.07, 6.45) is 0. The van der Waals surface area contributed by atoms with Gasteiger partial charge in [-0.15, -0.1) is 0 Å². The predicted molar refractivity (Wildman–Crippen MR) is 41.6 cm³/mol. The number of hydrogen-bond donors (Lipinski definition) is 1. The van der Waals surface area contributed by atoms with Crippen LogP contribution in [0.2, 0.25) is 0 Å². The zero-order valence-corrected chi connectivity index (χ0v) is 6.73. The van der Waals surface area contributed by atoms with Crippen molar-refractivity contribution in [2.24, 2.45) is 16.1 Å². The number of nitrogens with zero attached hydrogens (tertiary/aromatic N) is 1. The van der Waals surface area contributed by atoms with Crippen molar-refractivity contribution in [3.05, 3.63) is 0 Å². The lowest BCUT2D eigenvalue weighted by molar-refractivity contribution is 0.429. The molecule has 0 saturated carbocycles. The highest BCUT2D eigenvalue weighted by Crippen LogP contribution is 2.12. The summed E-state index contributed by atoms with van der Waals surface area (Å²) in [4.78, 5) is 4.09. The highest BCUT2D eigenvalue weighted by molar-refractivity contribution is 5.77. The van der Waals surface area contributed by atoms with Crippen LogP contribution >= 0.6 is 0 Å². The number of nitrogens with two attached hydrogens (primary N) is 1. The summed E-state index contributed by atoms with van der Waals surface area (Å²) >= 11 is 0. The SMILES string of the molecule is C/C(N)=N/CC(C)(C)C. The molecule has 0 atom stereocenters. The van der Waals surface area contributed by atoms with E-state index in [9.17, 15) is 0 Å². The summed E-state index contributed by atoms with van der Waals surface area (Å²) in [7, 11) is 0. The molecule has 54 valence electrons. The number of amidine groups is 1. The van der Waals surface area contributed by atoms with Crippen LogP contribution in [-0.4, -0.2) is 12.4 Å². The van der Waals surface area contributed by atoms with Crippen LogP contribution in [0.4, 0.5) is 0 Å². The van der Waals surface area contributed by atoms with Crippen LogP contribution < -0.4 is 5.73 Å². The predicted octanol–water partition coefficient (Wildman–Crippen LogP) is 1.41. The molecule has 0 unspecified atom stereocenters. The molecular formula is C7H16N2. The van der Waals surface area contributed by atoms with Gasteiger partial charge in [0.05, 0.1) is 5.84 Å². The van der Waals surface area contributed by atoms with Crippen molar-refractivity contribution in [1.29, 1.82) is 0 Å². The van der Waals surface area contributed by atoms with Gasteiger partial charge < -0.3 is 5.73 Å². The van der Waals surface area contributed by atoms with E-state index in [4.69, 9.17) is 5.73 Å². The summed E-state index contributed by atoms with van der Waals surface area (Å²) in [6.45, 7) is 9.04. The van der Waals surface area contributed by atoms with Crippen LogP contribution in [0.1, 0.15) is 27.7 Å². The highest BCUT2D eigenvalue weighted by Gasteiger charge is 2.07. The maximum absolute atomic E-state index is 5.35. The van der Waals surface area contributed by atoms with Crippen LogP contribution in [0.25, 0.3) is 0 Å². The molecule has 0 bridgehead atoms. The third-order valence-corrected chi connectivity index (χ3v) is 0.803. The zero-order valence-electron chi connectivity index (χ0n) is 6.73. The standard InChI is InChI=1S/C7H16N2/c1-6(8)9-5-7(2,3)4/h5H2,1-4H3,(H2,8,9). The Morgan fingerprint density at radius 1 is 1.44 bits per heavy atom. The van der Waals surface area contributed by atoms with E-state index >= 15 is 0 Å². The summed E-state index contributed by atoms with van der Waals surface area (Å²) in [6, 6.07) is 0. The second-order valence-corrected chi connectivity index (χ2v) is 3.52. The van der Waals surface area contributed by atoms with Crippen molar-refractivity contribution in [1.82, 2.24) is 0 Å². The second-order valence-electron chi connectivity index (χ2n) is 3.52. The van der Waals surface area contributed by atoms with E-state index in [1.165, 1.54) is 0 Å².